The van der Waals surface area contributed by atoms with E-state index in [0.717, 1.165) is 13.1 Å². The topological polar surface area (TPSA) is 24.4 Å². The number of hydrogen-bond acceptors (Lipinski definition) is 2. The van der Waals surface area contributed by atoms with Crippen molar-refractivity contribution >= 4 is 29.4 Å². The Bertz CT molecular complexity index is 486. The van der Waals surface area contributed by atoms with E-state index >= 15 is 0 Å². The van der Waals surface area contributed by atoms with Crippen molar-refractivity contribution < 1.29 is 0 Å². The number of aliphatic imine (C=N–C) groups is 1. The summed E-state index contributed by atoms with van der Waals surface area (Å²) >= 11 is 12.1. The molecule has 1 N–H and O–H groups in total. The Morgan fingerprint density at radius 3 is 2.94 bits per heavy atom. The molecule has 90 valence electrons. The first-order valence-electron chi connectivity index (χ1n) is 5.78. The van der Waals surface area contributed by atoms with Crippen LogP contribution in [0, 0.1) is 11.8 Å². The van der Waals surface area contributed by atoms with Gasteiger partial charge in [-0.1, -0.05) is 29.3 Å². The molecule has 1 saturated carbocycles. The molecule has 1 saturated heterocycles. The van der Waals surface area contributed by atoms with Crippen LogP contribution in [0.1, 0.15) is 5.56 Å². The largest absolute Gasteiger partial charge is 0.315 e. The van der Waals surface area contributed by atoms with E-state index in [2.05, 4.69) is 22.6 Å². The first-order chi connectivity index (χ1) is 8.20. The average molecular weight is 269 g/mol. The molecule has 0 aromatic heterocycles. The zero-order valence-electron chi connectivity index (χ0n) is 9.58. The Kier molecular flexibility index (Phi) is 2.69. The molecule has 1 heterocycles. The lowest BCUT2D eigenvalue weighted by atomic mass is 9.93. The molecular formula is C13H14Cl2N2. The smallest absolute Gasteiger partial charge is 0.0595 e. The van der Waals surface area contributed by atoms with Gasteiger partial charge in [0.25, 0.3) is 0 Å². The zero-order valence-corrected chi connectivity index (χ0v) is 11.1. The van der Waals surface area contributed by atoms with E-state index in [1.165, 1.54) is 5.56 Å². The Morgan fingerprint density at radius 1 is 1.41 bits per heavy atom. The first-order valence-corrected chi connectivity index (χ1v) is 6.54. The van der Waals surface area contributed by atoms with Crippen molar-refractivity contribution in [2.24, 2.45) is 16.8 Å². The molecule has 1 aliphatic heterocycles. The van der Waals surface area contributed by atoms with Crippen molar-refractivity contribution in [1.29, 1.82) is 0 Å². The van der Waals surface area contributed by atoms with E-state index in [-0.39, 0.29) is 5.41 Å². The standard InChI is InChI=1S/C13H14Cl2N2/c1-16-5-9-10-6-17-7-13(9,10)8-2-3-11(14)12(15)4-8/h2-5,9-10,17H,6-7H2,1H3. The van der Waals surface area contributed by atoms with Crippen molar-refractivity contribution in [1.82, 2.24) is 5.32 Å². The molecule has 2 nitrogen and oxygen atoms in total. The van der Waals surface area contributed by atoms with Crippen molar-refractivity contribution in [2.45, 2.75) is 5.41 Å². The summed E-state index contributed by atoms with van der Waals surface area (Å²) in [6, 6.07) is 5.99. The van der Waals surface area contributed by atoms with Gasteiger partial charge in [-0.25, -0.2) is 0 Å². The highest BCUT2D eigenvalue weighted by Gasteiger charge is 2.66. The van der Waals surface area contributed by atoms with Crippen LogP contribution in [0.25, 0.3) is 0 Å². The van der Waals surface area contributed by atoms with E-state index in [1.54, 1.807) is 0 Å². The average Bonchev–Trinajstić information content (AvgIpc) is 2.72. The van der Waals surface area contributed by atoms with Crippen LogP contribution in [0.2, 0.25) is 10.0 Å². The molecule has 1 aliphatic carbocycles. The summed E-state index contributed by atoms with van der Waals surface area (Å²) in [7, 11) is 1.84. The van der Waals surface area contributed by atoms with Crippen molar-refractivity contribution in [3.63, 3.8) is 0 Å². The molecular weight excluding hydrogens is 255 g/mol. The Balaban J connectivity index is 2.00. The van der Waals surface area contributed by atoms with Crippen LogP contribution in [-0.2, 0) is 5.41 Å². The third-order valence-electron chi connectivity index (χ3n) is 4.13. The summed E-state index contributed by atoms with van der Waals surface area (Å²) in [6.45, 7) is 2.07. The highest BCUT2D eigenvalue weighted by Crippen LogP contribution is 2.61. The molecule has 1 aromatic carbocycles. The monoisotopic (exact) mass is 268 g/mol. The number of benzene rings is 1. The fourth-order valence-corrected chi connectivity index (χ4v) is 3.53. The molecule has 3 atom stereocenters. The zero-order chi connectivity index (χ0) is 12.0. The van der Waals surface area contributed by atoms with E-state index in [4.69, 9.17) is 23.2 Å². The SMILES string of the molecule is CN=CC1C2CNCC12c1ccc(Cl)c(Cl)c1. The second-order valence-electron chi connectivity index (χ2n) is 4.84. The molecule has 4 heteroatoms. The van der Waals surface area contributed by atoms with Crippen LogP contribution in [0.3, 0.4) is 0 Å². The number of nitrogens with one attached hydrogen (secondary N) is 1. The maximum absolute atomic E-state index is 6.11. The Morgan fingerprint density at radius 2 is 2.24 bits per heavy atom. The lowest BCUT2D eigenvalue weighted by molar-refractivity contribution is 0.640. The summed E-state index contributed by atoms with van der Waals surface area (Å²) in [5.41, 5.74) is 1.49. The van der Waals surface area contributed by atoms with Gasteiger partial charge in [-0.2, -0.15) is 0 Å². The minimum atomic E-state index is 0.202. The number of fused-ring (bicyclic) bond motifs is 1. The second kappa shape index (κ2) is 3.98. The van der Waals surface area contributed by atoms with E-state index in [9.17, 15) is 0 Å². The molecule has 3 rings (SSSR count). The van der Waals surface area contributed by atoms with Crippen LogP contribution in [0.5, 0.6) is 0 Å². The summed E-state index contributed by atoms with van der Waals surface area (Å²) in [4.78, 5) is 4.18. The normalized spacial score (nSPS) is 35.2. The van der Waals surface area contributed by atoms with Crippen LogP contribution in [0.15, 0.2) is 23.2 Å². The molecule has 0 amide bonds. The fraction of sp³-hybridized carbons (Fsp3) is 0.462. The first kappa shape index (κ1) is 11.5. The Hall–Kier alpha value is -0.570. The minimum absolute atomic E-state index is 0.202. The van der Waals surface area contributed by atoms with E-state index in [1.807, 2.05) is 19.2 Å². The van der Waals surface area contributed by atoms with Crippen LogP contribution in [-0.4, -0.2) is 26.4 Å². The highest BCUT2D eigenvalue weighted by atomic mass is 35.5. The van der Waals surface area contributed by atoms with Crippen LogP contribution in [0.4, 0.5) is 0 Å². The van der Waals surface area contributed by atoms with Crippen LogP contribution < -0.4 is 5.32 Å². The van der Waals surface area contributed by atoms with Gasteiger partial charge >= 0.3 is 0 Å². The van der Waals surface area contributed by atoms with Gasteiger partial charge in [0.05, 0.1) is 10.0 Å². The summed E-state index contributed by atoms with van der Waals surface area (Å²) < 4.78 is 0. The van der Waals surface area contributed by atoms with E-state index < -0.39 is 0 Å². The predicted octanol–water partition coefficient (Wildman–Crippen LogP) is 2.78. The van der Waals surface area contributed by atoms with Crippen LogP contribution >= 0.6 is 23.2 Å². The van der Waals surface area contributed by atoms with Gasteiger partial charge in [0.2, 0.25) is 0 Å². The lowest BCUT2D eigenvalue weighted by Gasteiger charge is -2.15. The van der Waals surface area contributed by atoms with Gasteiger partial charge in [0.1, 0.15) is 0 Å². The number of halogens is 2. The minimum Gasteiger partial charge on any atom is -0.315 e. The van der Waals surface area contributed by atoms with Gasteiger partial charge in [-0.15, -0.1) is 0 Å². The number of piperidine rings is 1. The molecule has 1 aromatic rings. The summed E-state index contributed by atoms with van der Waals surface area (Å²) in [5, 5.41) is 4.71. The molecule has 0 bridgehead atoms. The third kappa shape index (κ3) is 1.55. The highest BCUT2D eigenvalue weighted by molar-refractivity contribution is 6.42. The number of nitrogens with zero attached hydrogens (tertiary/aromatic N) is 1. The number of hydrogen-bond donors (Lipinski definition) is 1. The quantitative estimate of drug-likeness (QED) is 0.820. The molecule has 0 spiro atoms. The van der Waals surface area contributed by atoms with Crippen molar-refractivity contribution in [2.75, 3.05) is 20.1 Å². The summed E-state index contributed by atoms with van der Waals surface area (Å²) in [6.07, 6.45) is 2.08. The van der Waals surface area contributed by atoms with E-state index in [0.29, 0.717) is 21.9 Å². The fourth-order valence-electron chi connectivity index (χ4n) is 3.23. The van der Waals surface area contributed by atoms with Gasteiger partial charge in [0.15, 0.2) is 0 Å². The van der Waals surface area contributed by atoms with Gasteiger partial charge < -0.3 is 10.3 Å². The van der Waals surface area contributed by atoms with Crippen molar-refractivity contribution in [3.05, 3.63) is 33.8 Å². The number of rotatable bonds is 2. The van der Waals surface area contributed by atoms with Gasteiger partial charge in [-0.05, 0) is 30.2 Å². The molecule has 0 radical (unpaired) electrons. The van der Waals surface area contributed by atoms with Gasteiger partial charge in [0, 0.05) is 31.1 Å². The Labute approximate surface area is 111 Å². The van der Waals surface area contributed by atoms with Gasteiger partial charge in [-0.3, -0.25) is 0 Å². The third-order valence-corrected chi connectivity index (χ3v) is 4.87. The maximum atomic E-state index is 6.11. The summed E-state index contributed by atoms with van der Waals surface area (Å²) in [5.74, 6) is 1.20. The molecule has 2 fully saturated rings. The molecule has 2 aliphatic rings. The molecule has 3 unspecified atom stereocenters. The maximum Gasteiger partial charge on any atom is 0.0595 e. The molecule has 17 heavy (non-hydrogen) atoms. The second-order valence-corrected chi connectivity index (χ2v) is 5.65. The predicted molar refractivity (Wildman–Crippen MR) is 72.4 cm³/mol. The van der Waals surface area contributed by atoms with Crippen molar-refractivity contribution in [3.8, 4) is 0 Å². The lowest BCUT2D eigenvalue weighted by Crippen LogP contribution is -2.23.